The van der Waals surface area contributed by atoms with Crippen molar-refractivity contribution in [3.63, 3.8) is 0 Å². The molecule has 2 heterocycles. The summed E-state index contributed by atoms with van der Waals surface area (Å²) in [5.41, 5.74) is 1.05. The third-order valence-electron chi connectivity index (χ3n) is 6.77. The Hall–Kier alpha value is -2.91. The number of halogens is 3. The van der Waals surface area contributed by atoms with E-state index in [4.69, 9.17) is 0 Å². The predicted octanol–water partition coefficient (Wildman–Crippen LogP) is 3.08. The van der Waals surface area contributed by atoms with Crippen LogP contribution in [0.1, 0.15) is 77.6 Å². The highest BCUT2D eigenvalue weighted by atomic mass is 19.4. The fraction of sp³-hybridized carbons (Fsp3) is 0.565. The fourth-order valence-corrected chi connectivity index (χ4v) is 5.09. The van der Waals surface area contributed by atoms with E-state index in [1.165, 1.54) is 23.1 Å². The molecule has 2 atom stereocenters. The van der Waals surface area contributed by atoms with Gasteiger partial charge in [0.15, 0.2) is 0 Å². The van der Waals surface area contributed by atoms with Crippen LogP contribution in [0.15, 0.2) is 18.2 Å². The van der Waals surface area contributed by atoms with Crippen LogP contribution in [0.3, 0.4) is 0 Å². The van der Waals surface area contributed by atoms with Crippen LogP contribution in [0.25, 0.3) is 0 Å². The van der Waals surface area contributed by atoms with E-state index < -0.39 is 36.5 Å². The molecule has 0 aromatic heterocycles. The van der Waals surface area contributed by atoms with Crippen LogP contribution in [0.5, 0.6) is 0 Å². The maximum Gasteiger partial charge on any atom is 0.391 e. The van der Waals surface area contributed by atoms with Crippen LogP contribution in [-0.2, 0) is 16.1 Å². The monoisotopic (exact) mass is 465 g/mol. The van der Waals surface area contributed by atoms with Crippen molar-refractivity contribution in [2.24, 2.45) is 5.92 Å². The normalized spacial score (nSPS) is 22.7. The summed E-state index contributed by atoms with van der Waals surface area (Å²) in [6, 6.07) is 2.62. The van der Waals surface area contributed by atoms with Crippen molar-refractivity contribution in [3.8, 4) is 0 Å². The molecule has 4 amide bonds. The van der Waals surface area contributed by atoms with Crippen molar-refractivity contribution in [1.29, 1.82) is 0 Å². The van der Waals surface area contributed by atoms with Crippen molar-refractivity contribution in [3.05, 3.63) is 34.9 Å². The molecule has 3 aliphatic rings. The van der Waals surface area contributed by atoms with Gasteiger partial charge in [-0.05, 0) is 48.9 Å². The van der Waals surface area contributed by atoms with Crippen molar-refractivity contribution >= 4 is 23.6 Å². The van der Waals surface area contributed by atoms with Crippen LogP contribution in [0, 0.1) is 5.92 Å². The summed E-state index contributed by atoms with van der Waals surface area (Å²) in [4.78, 5) is 50.6. The Labute approximate surface area is 189 Å². The van der Waals surface area contributed by atoms with Gasteiger partial charge in [0.1, 0.15) is 6.04 Å². The van der Waals surface area contributed by atoms with Crippen molar-refractivity contribution in [1.82, 2.24) is 15.5 Å². The lowest BCUT2D eigenvalue weighted by Crippen LogP contribution is -2.52. The number of imide groups is 1. The van der Waals surface area contributed by atoms with E-state index in [0.29, 0.717) is 24.0 Å². The number of amides is 4. The highest BCUT2D eigenvalue weighted by Gasteiger charge is 2.40. The average Bonchev–Trinajstić information content (AvgIpc) is 3.08. The molecule has 0 spiro atoms. The van der Waals surface area contributed by atoms with Crippen LogP contribution in [0.2, 0.25) is 0 Å². The summed E-state index contributed by atoms with van der Waals surface area (Å²) >= 11 is 0. The average molecular weight is 465 g/mol. The Morgan fingerprint density at radius 2 is 1.85 bits per heavy atom. The van der Waals surface area contributed by atoms with Crippen LogP contribution >= 0.6 is 0 Å². The number of carbonyl (C=O) groups is 4. The Morgan fingerprint density at radius 3 is 2.52 bits per heavy atom. The molecular weight excluding hydrogens is 439 g/mol. The van der Waals surface area contributed by atoms with Gasteiger partial charge in [-0.1, -0.05) is 19.3 Å². The fourth-order valence-electron chi connectivity index (χ4n) is 5.09. The first-order valence-corrected chi connectivity index (χ1v) is 11.3. The maximum atomic E-state index is 13.2. The third-order valence-corrected chi connectivity index (χ3v) is 6.77. The lowest BCUT2D eigenvalue weighted by molar-refractivity contribution is -0.143. The third kappa shape index (κ3) is 5.20. The Balaban J connectivity index is 1.48. The lowest BCUT2D eigenvalue weighted by atomic mass is 9.82. The smallest absolute Gasteiger partial charge is 0.349 e. The standard InChI is InChI=1S/C23H26F3N3O4/c24-23(25,26)11-17(13-4-2-1-3-5-13)27-20(31)14-6-7-16-15(10-14)12-29(22(16)33)18-8-9-19(30)28-21(18)32/h6-7,10,13,17-18H,1-5,8-9,11-12H2,(H,27,31)(H,28,30,32). The number of nitrogens with one attached hydrogen (secondary N) is 2. The summed E-state index contributed by atoms with van der Waals surface area (Å²) in [5, 5.41) is 4.82. The summed E-state index contributed by atoms with van der Waals surface area (Å²) in [6.45, 7) is 0.0934. The molecular formula is C23H26F3N3O4. The van der Waals surface area contributed by atoms with Crippen molar-refractivity contribution in [2.75, 3.05) is 0 Å². The first kappa shape index (κ1) is 23.3. The Kier molecular flexibility index (Phi) is 6.45. The summed E-state index contributed by atoms with van der Waals surface area (Å²) in [5.74, 6) is -2.12. The summed E-state index contributed by atoms with van der Waals surface area (Å²) in [6.07, 6.45) is -1.10. The van der Waals surface area contributed by atoms with E-state index in [0.717, 1.165) is 19.3 Å². The van der Waals surface area contributed by atoms with E-state index in [-0.39, 0.29) is 42.7 Å². The number of rotatable bonds is 5. The van der Waals surface area contributed by atoms with Crippen LogP contribution in [-0.4, -0.2) is 46.8 Å². The minimum absolute atomic E-state index is 0.0934. The Bertz CT molecular complexity index is 972. The zero-order chi connectivity index (χ0) is 23.8. The molecule has 2 N–H and O–H groups in total. The zero-order valence-corrected chi connectivity index (χ0v) is 18.0. The van der Waals surface area contributed by atoms with E-state index in [1.807, 2.05) is 0 Å². The minimum atomic E-state index is -4.39. The number of hydrogen-bond acceptors (Lipinski definition) is 4. The molecule has 1 aromatic rings. The van der Waals surface area contributed by atoms with Crippen LogP contribution < -0.4 is 10.6 Å². The minimum Gasteiger partial charge on any atom is -0.349 e. The molecule has 2 aliphatic heterocycles. The van der Waals surface area contributed by atoms with Gasteiger partial charge in [-0.3, -0.25) is 24.5 Å². The van der Waals surface area contributed by atoms with Gasteiger partial charge < -0.3 is 10.2 Å². The first-order chi connectivity index (χ1) is 15.6. The molecule has 0 radical (unpaired) electrons. The number of benzene rings is 1. The molecule has 2 fully saturated rings. The highest BCUT2D eigenvalue weighted by molar-refractivity contribution is 6.06. The number of fused-ring (bicyclic) bond motifs is 1. The molecule has 2 unspecified atom stereocenters. The van der Waals surface area contributed by atoms with Gasteiger partial charge in [0, 0.05) is 30.1 Å². The van der Waals surface area contributed by atoms with Crippen molar-refractivity contribution < 1.29 is 32.3 Å². The van der Waals surface area contributed by atoms with Gasteiger partial charge in [0.25, 0.3) is 11.8 Å². The lowest BCUT2D eigenvalue weighted by Gasteiger charge is -2.31. The molecule has 7 nitrogen and oxygen atoms in total. The molecule has 178 valence electrons. The van der Waals surface area contributed by atoms with E-state index in [1.54, 1.807) is 0 Å². The molecule has 0 bridgehead atoms. The molecule has 4 rings (SSSR count). The predicted molar refractivity (Wildman–Crippen MR) is 111 cm³/mol. The van der Waals surface area contributed by atoms with Crippen LogP contribution in [0.4, 0.5) is 13.2 Å². The highest BCUT2D eigenvalue weighted by Crippen LogP contribution is 2.33. The quantitative estimate of drug-likeness (QED) is 0.654. The molecule has 1 aliphatic carbocycles. The topological polar surface area (TPSA) is 95.6 Å². The molecule has 33 heavy (non-hydrogen) atoms. The summed E-state index contributed by atoms with van der Waals surface area (Å²) in [7, 11) is 0. The van der Waals surface area contributed by atoms with E-state index in [2.05, 4.69) is 10.6 Å². The number of piperidine rings is 1. The SMILES string of the molecule is O=C1CCC(N2Cc3cc(C(=O)NC(CC(F)(F)F)C4CCCCC4)ccc3C2=O)C(=O)N1. The van der Waals surface area contributed by atoms with Crippen molar-refractivity contribution in [2.45, 2.75) is 76.2 Å². The molecule has 1 saturated heterocycles. The summed E-state index contributed by atoms with van der Waals surface area (Å²) < 4.78 is 39.5. The zero-order valence-electron chi connectivity index (χ0n) is 18.0. The van der Waals surface area contributed by atoms with Gasteiger partial charge in [-0.2, -0.15) is 13.2 Å². The number of hydrogen-bond donors (Lipinski definition) is 2. The molecule has 1 aromatic carbocycles. The molecule has 1 saturated carbocycles. The number of carbonyl (C=O) groups excluding carboxylic acids is 4. The van der Waals surface area contributed by atoms with E-state index in [9.17, 15) is 32.3 Å². The van der Waals surface area contributed by atoms with Gasteiger partial charge in [-0.25, -0.2) is 0 Å². The van der Waals surface area contributed by atoms with Gasteiger partial charge in [0.05, 0.1) is 6.42 Å². The second-order valence-corrected chi connectivity index (χ2v) is 9.07. The largest absolute Gasteiger partial charge is 0.391 e. The van der Waals surface area contributed by atoms with Gasteiger partial charge in [0.2, 0.25) is 11.8 Å². The van der Waals surface area contributed by atoms with E-state index >= 15 is 0 Å². The number of nitrogens with zero attached hydrogens (tertiary/aromatic N) is 1. The first-order valence-electron chi connectivity index (χ1n) is 11.3. The van der Waals surface area contributed by atoms with Gasteiger partial charge >= 0.3 is 6.18 Å². The second kappa shape index (κ2) is 9.15. The maximum absolute atomic E-state index is 13.2. The number of alkyl halides is 3. The second-order valence-electron chi connectivity index (χ2n) is 9.07. The molecule has 10 heteroatoms. The Morgan fingerprint density at radius 1 is 1.12 bits per heavy atom. The van der Waals surface area contributed by atoms with Gasteiger partial charge in [-0.15, -0.1) is 0 Å².